The first-order valence-corrected chi connectivity index (χ1v) is 5.43. The Morgan fingerprint density at radius 1 is 1.47 bits per heavy atom. The molecule has 7 nitrogen and oxygen atoms in total. The summed E-state index contributed by atoms with van der Waals surface area (Å²) in [6.07, 6.45) is 1.24. The molecule has 0 atom stereocenters. The Labute approximate surface area is 110 Å². The summed E-state index contributed by atoms with van der Waals surface area (Å²) in [6.45, 7) is 2.01. The van der Waals surface area contributed by atoms with Crippen LogP contribution in [0.15, 0.2) is 6.20 Å². The Kier molecular flexibility index (Phi) is 5.29. The van der Waals surface area contributed by atoms with Crippen molar-refractivity contribution >= 4 is 17.8 Å². The van der Waals surface area contributed by atoms with Crippen molar-refractivity contribution < 1.29 is 19.1 Å². The van der Waals surface area contributed by atoms with Gasteiger partial charge in [-0.25, -0.2) is 14.8 Å². The van der Waals surface area contributed by atoms with Gasteiger partial charge in [0, 0.05) is 0 Å². The standard InChI is InChI=1S/C12H13N3O4/c1-3-19-9(16)6-4-5-8-7-14-11(13)10(15-8)12(17)18-2/h7H,3,6H2,1-2H3,(H2,13,14). The highest BCUT2D eigenvalue weighted by Crippen LogP contribution is 2.06. The molecule has 0 unspecified atom stereocenters. The highest BCUT2D eigenvalue weighted by molar-refractivity contribution is 5.91. The van der Waals surface area contributed by atoms with Gasteiger partial charge >= 0.3 is 11.9 Å². The topological polar surface area (TPSA) is 104 Å². The molecule has 1 rings (SSSR count). The minimum absolute atomic E-state index is 0.0391. The summed E-state index contributed by atoms with van der Waals surface area (Å²) in [5, 5.41) is 0. The highest BCUT2D eigenvalue weighted by atomic mass is 16.5. The van der Waals surface area contributed by atoms with E-state index in [4.69, 9.17) is 10.5 Å². The van der Waals surface area contributed by atoms with Crippen LogP contribution in [0.4, 0.5) is 5.82 Å². The van der Waals surface area contributed by atoms with E-state index >= 15 is 0 Å². The fourth-order valence-corrected chi connectivity index (χ4v) is 1.12. The predicted molar refractivity (Wildman–Crippen MR) is 65.9 cm³/mol. The first-order valence-electron chi connectivity index (χ1n) is 5.43. The molecule has 1 aromatic heterocycles. The van der Waals surface area contributed by atoms with E-state index < -0.39 is 11.9 Å². The van der Waals surface area contributed by atoms with Crippen LogP contribution in [-0.2, 0) is 14.3 Å². The van der Waals surface area contributed by atoms with E-state index in [-0.39, 0.29) is 23.6 Å². The van der Waals surface area contributed by atoms with E-state index in [2.05, 4.69) is 26.5 Å². The van der Waals surface area contributed by atoms with Crippen LogP contribution in [0.1, 0.15) is 29.5 Å². The molecule has 1 aromatic rings. The number of nitrogens with zero attached hydrogens (tertiary/aromatic N) is 2. The van der Waals surface area contributed by atoms with E-state index in [1.54, 1.807) is 6.92 Å². The Morgan fingerprint density at radius 3 is 2.84 bits per heavy atom. The third kappa shape index (κ3) is 4.27. The van der Waals surface area contributed by atoms with Crippen molar-refractivity contribution in [2.45, 2.75) is 13.3 Å². The van der Waals surface area contributed by atoms with Gasteiger partial charge in [-0.3, -0.25) is 4.79 Å². The number of aromatic nitrogens is 2. The number of ether oxygens (including phenoxy) is 2. The van der Waals surface area contributed by atoms with Crippen LogP contribution in [0.5, 0.6) is 0 Å². The molecule has 0 spiro atoms. The molecule has 0 saturated heterocycles. The third-order valence-electron chi connectivity index (χ3n) is 1.93. The van der Waals surface area contributed by atoms with Crippen LogP contribution in [0.2, 0.25) is 0 Å². The molecule has 0 amide bonds. The number of anilines is 1. The predicted octanol–water partition coefficient (Wildman–Crippen LogP) is 0.150. The molecule has 0 aliphatic carbocycles. The molecule has 7 heteroatoms. The third-order valence-corrected chi connectivity index (χ3v) is 1.93. The number of nitrogens with two attached hydrogens (primary N) is 1. The minimum Gasteiger partial charge on any atom is -0.465 e. The van der Waals surface area contributed by atoms with Crippen molar-refractivity contribution in [3.8, 4) is 11.8 Å². The van der Waals surface area contributed by atoms with Gasteiger partial charge in [0.2, 0.25) is 0 Å². The molecule has 0 fully saturated rings. The summed E-state index contributed by atoms with van der Waals surface area (Å²) in [4.78, 5) is 30.1. The molecule has 2 N–H and O–H groups in total. The number of methoxy groups -OCH3 is 1. The Bertz CT molecular complexity index is 546. The zero-order chi connectivity index (χ0) is 14.3. The second-order valence-corrected chi connectivity index (χ2v) is 3.26. The molecule has 0 bridgehead atoms. The Balaban J connectivity index is 2.83. The zero-order valence-electron chi connectivity index (χ0n) is 10.6. The molecule has 1 heterocycles. The molecule has 100 valence electrons. The molecule has 19 heavy (non-hydrogen) atoms. The maximum absolute atomic E-state index is 11.3. The second kappa shape index (κ2) is 6.96. The van der Waals surface area contributed by atoms with Gasteiger partial charge in [-0.05, 0) is 12.8 Å². The average Bonchev–Trinajstić information content (AvgIpc) is 2.40. The number of hydrogen-bond acceptors (Lipinski definition) is 7. The Morgan fingerprint density at radius 2 is 2.21 bits per heavy atom. The molecular weight excluding hydrogens is 250 g/mol. The number of hydrogen-bond donors (Lipinski definition) is 1. The molecular formula is C12H13N3O4. The van der Waals surface area contributed by atoms with Crippen molar-refractivity contribution in [2.24, 2.45) is 0 Å². The first-order chi connectivity index (χ1) is 9.08. The summed E-state index contributed by atoms with van der Waals surface area (Å²) >= 11 is 0. The summed E-state index contributed by atoms with van der Waals surface area (Å²) in [6, 6.07) is 0. The number of esters is 2. The van der Waals surface area contributed by atoms with Crippen molar-refractivity contribution in [3.63, 3.8) is 0 Å². The summed E-state index contributed by atoms with van der Waals surface area (Å²) < 4.78 is 9.21. The fraction of sp³-hybridized carbons (Fsp3) is 0.333. The highest BCUT2D eigenvalue weighted by Gasteiger charge is 2.13. The van der Waals surface area contributed by atoms with Crippen LogP contribution >= 0.6 is 0 Å². The van der Waals surface area contributed by atoms with Crippen LogP contribution in [0.3, 0.4) is 0 Å². The first kappa shape index (κ1) is 14.4. The maximum Gasteiger partial charge on any atom is 0.360 e. The van der Waals surface area contributed by atoms with Gasteiger partial charge in [0.15, 0.2) is 11.5 Å². The number of nitrogen functional groups attached to an aromatic ring is 1. The van der Waals surface area contributed by atoms with E-state index in [0.29, 0.717) is 6.61 Å². The van der Waals surface area contributed by atoms with Crippen molar-refractivity contribution in [2.75, 3.05) is 19.5 Å². The molecule has 0 aliphatic rings. The van der Waals surface area contributed by atoms with Crippen LogP contribution in [0.25, 0.3) is 0 Å². The van der Waals surface area contributed by atoms with Gasteiger partial charge in [0.1, 0.15) is 12.1 Å². The lowest BCUT2D eigenvalue weighted by molar-refractivity contribution is -0.141. The van der Waals surface area contributed by atoms with Gasteiger partial charge in [-0.15, -0.1) is 0 Å². The molecule has 0 saturated carbocycles. The van der Waals surface area contributed by atoms with Gasteiger partial charge in [-0.1, -0.05) is 5.92 Å². The van der Waals surface area contributed by atoms with Gasteiger partial charge < -0.3 is 15.2 Å². The number of carbonyl (C=O) groups is 2. The largest absolute Gasteiger partial charge is 0.465 e. The van der Waals surface area contributed by atoms with E-state index in [9.17, 15) is 9.59 Å². The summed E-state index contributed by atoms with van der Waals surface area (Å²) in [5.41, 5.74) is 5.60. The SMILES string of the molecule is CCOC(=O)CC#Cc1cnc(N)c(C(=O)OC)n1. The van der Waals surface area contributed by atoms with E-state index in [1.807, 2.05) is 0 Å². The van der Waals surface area contributed by atoms with Gasteiger partial charge in [-0.2, -0.15) is 0 Å². The summed E-state index contributed by atoms with van der Waals surface area (Å²) in [7, 11) is 1.21. The van der Waals surface area contributed by atoms with Crippen molar-refractivity contribution in [1.29, 1.82) is 0 Å². The van der Waals surface area contributed by atoms with E-state index in [1.165, 1.54) is 13.3 Å². The second-order valence-electron chi connectivity index (χ2n) is 3.26. The lowest BCUT2D eigenvalue weighted by Crippen LogP contribution is -2.11. The van der Waals surface area contributed by atoms with Crippen LogP contribution in [0, 0.1) is 11.8 Å². The van der Waals surface area contributed by atoms with Crippen molar-refractivity contribution in [3.05, 3.63) is 17.6 Å². The Hall–Kier alpha value is -2.62. The monoisotopic (exact) mass is 263 g/mol. The lowest BCUT2D eigenvalue weighted by Gasteiger charge is -2.01. The lowest BCUT2D eigenvalue weighted by atomic mass is 10.3. The van der Waals surface area contributed by atoms with E-state index in [0.717, 1.165) is 0 Å². The molecule has 0 aliphatic heterocycles. The maximum atomic E-state index is 11.3. The number of rotatable bonds is 3. The van der Waals surface area contributed by atoms with Gasteiger partial charge in [0.05, 0.1) is 19.9 Å². The van der Waals surface area contributed by atoms with Crippen molar-refractivity contribution in [1.82, 2.24) is 9.97 Å². The quantitative estimate of drug-likeness (QED) is 0.611. The molecule has 0 radical (unpaired) electrons. The summed E-state index contributed by atoms with van der Waals surface area (Å²) in [5.74, 6) is 4.00. The average molecular weight is 263 g/mol. The molecule has 0 aromatic carbocycles. The van der Waals surface area contributed by atoms with Crippen LogP contribution < -0.4 is 5.73 Å². The number of carbonyl (C=O) groups excluding carboxylic acids is 2. The zero-order valence-corrected chi connectivity index (χ0v) is 10.6. The van der Waals surface area contributed by atoms with Crippen LogP contribution in [-0.4, -0.2) is 35.6 Å². The van der Waals surface area contributed by atoms with Gasteiger partial charge in [0.25, 0.3) is 0 Å². The normalized spacial score (nSPS) is 9.16. The minimum atomic E-state index is -0.695. The fourth-order valence-electron chi connectivity index (χ4n) is 1.12. The smallest absolute Gasteiger partial charge is 0.360 e.